The highest BCUT2D eigenvalue weighted by Gasteiger charge is 2.20. The first-order valence-electron chi connectivity index (χ1n) is 5.11. The number of nitrogens with two attached hydrogens (primary N) is 2. The molecular formula is C11H14Cl2FN2O+. The van der Waals surface area contributed by atoms with Crippen molar-refractivity contribution in [3.63, 3.8) is 0 Å². The smallest absolute Gasteiger partial charge is 0.275 e. The number of primary amides is 1. The van der Waals surface area contributed by atoms with Crippen LogP contribution >= 0.6 is 23.2 Å². The summed E-state index contributed by atoms with van der Waals surface area (Å²) in [4.78, 5) is 10.9. The molecule has 6 heteroatoms. The van der Waals surface area contributed by atoms with Gasteiger partial charge < -0.3 is 11.1 Å². The molecule has 0 saturated carbocycles. The van der Waals surface area contributed by atoms with Crippen LogP contribution in [0, 0.1) is 5.82 Å². The molecule has 0 aliphatic rings. The Labute approximate surface area is 109 Å². The van der Waals surface area contributed by atoms with Crippen LogP contribution in [0.4, 0.5) is 4.39 Å². The van der Waals surface area contributed by atoms with Gasteiger partial charge in [0.05, 0.1) is 10.0 Å². The summed E-state index contributed by atoms with van der Waals surface area (Å²) in [5.41, 5.74) is 5.74. The van der Waals surface area contributed by atoms with Crippen LogP contribution in [0.15, 0.2) is 12.1 Å². The maximum atomic E-state index is 13.3. The third-order valence-corrected chi connectivity index (χ3v) is 3.17. The van der Waals surface area contributed by atoms with Crippen LogP contribution in [0.25, 0.3) is 0 Å². The van der Waals surface area contributed by atoms with Crippen LogP contribution in [-0.2, 0) is 4.79 Å². The Bertz CT molecular complexity index is 440. The van der Waals surface area contributed by atoms with E-state index in [1.54, 1.807) is 12.2 Å². The van der Waals surface area contributed by atoms with E-state index < -0.39 is 17.8 Å². The van der Waals surface area contributed by atoms with Gasteiger partial charge in [-0.3, -0.25) is 4.79 Å². The van der Waals surface area contributed by atoms with E-state index in [2.05, 4.69) is 0 Å². The molecular weight excluding hydrogens is 266 g/mol. The van der Waals surface area contributed by atoms with E-state index in [-0.39, 0.29) is 11.1 Å². The molecule has 0 heterocycles. The number of carbonyl (C=O) groups is 1. The van der Waals surface area contributed by atoms with E-state index in [0.717, 1.165) is 0 Å². The highest BCUT2D eigenvalue weighted by Crippen LogP contribution is 2.27. The van der Waals surface area contributed by atoms with Crippen molar-refractivity contribution >= 4 is 29.1 Å². The molecule has 4 N–H and O–H groups in total. The Balaban J connectivity index is 2.92. The zero-order chi connectivity index (χ0) is 13.2. The summed E-state index contributed by atoms with van der Waals surface area (Å²) in [6.07, 6.45) is 0. The summed E-state index contributed by atoms with van der Waals surface area (Å²) in [5.74, 6) is -0.958. The van der Waals surface area contributed by atoms with Gasteiger partial charge in [0, 0.05) is 5.56 Å². The lowest BCUT2D eigenvalue weighted by molar-refractivity contribution is -0.710. The van der Waals surface area contributed by atoms with E-state index >= 15 is 0 Å². The minimum atomic E-state index is -0.530. The monoisotopic (exact) mass is 279 g/mol. The first-order valence-corrected chi connectivity index (χ1v) is 5.87. The molecule has 0 unspecified atom stereocenters. The first-order chi connectivity index (χ1) is 7.82. The van der Waals surface area contributed by atoms with Gasteiger partial charge in [0.25, 0.3) is 5.91 Å². The number of benzene rings is 1. The van der Waals surface area contributed by atoms with E-state index in [4.69, 9.17) is 28.9 Å². The minimum Gasteiger partial charge on any atom is -0.365 e. The lowest BCUT2D eigenvalue weighted by Crippen LogP contribution is -2.92. The second-order valence-corrected chi connectivity index (χ2v) is 4.77. The molecule has 2 atom stereocenters. The van der Waals surface area contributed by atoms with Crippen LogP contribution in [-0.4, -0.2) is 11.9 Å². The number of halogens is 3. The molecule has 0 bridgehead atoms. The normalized spacial score (nSPS) is 14.4. The summed E-state index contributed by atoms with van der Waals surface area (Å²) in [6, 6.07) is 2.05. The van der Waals surface area contributed by atoms with Gasteiger partial charge in [-0.15, -0.1) is 0 Å². The van der Waals surface area contributed by atoms with E-state index in [1.165, 1.54) is 12.1 Å². The Kier molecular flexibility index (Phi) is 4.74. The summed E-state index contributed by atoms with van der Waals surface area (Å²) >= 11 is 11.6. The van der Waals surface area contributed by atoms with Gasteiger partial charge in [-0.05, 0) is 26.0 Å². The van der Waals surface area contributed by atoms with Crippen LogP contribution in [0.1, 0.15) is 25.5 Å². The average molecular weight is 280 g/mol. The number of hydrogen-bond donors (Lipinski definition) is 2. The van der Waals surface area contributed by atoms with Gasteiger partial charge >= 0.3 is 0 Å². The maximum Gasteiger partial charge on any atom is 0.275 e. The molecule has 0 fully saturated rings. The van der Waals surface area contributed by atoms with E-state index in [9.17, 15) is 9.18 Å². The van der Waals surface area contributed by atoms with Gasteiger partial charge in [-0.1, -0.05) is 23.2 Å². The largest absolute Gasteiger partial charge is 0.365 e. The minimum absolute atomic E-state index is 0.0195. The quantitative estimate of drug-likeness (QED) is 0.809. The van der Waals surface area contributed by atoms with Crippen LogP contribution < -0.4 is 11.1 Å². The van der Waals surface area contributed by atoms with Crippen molar-refractivity contribution in [1.82, 2.24) is 0 Å². The highest BCUT2D eigenvalue weighted by molar-refractivity contribution is 6.35. The number of hydrogen-bond acceptors (Lipinski definition) is 1. The SMILES string of the molecule is C[C@H]([NH2+][C@@H](C)c1cc(F)c(Cl)cc1Cl)C(N)=O. The number of carbonyl (C=O) groups excluding carboxylic acids is 1. The molecule has 1 aromatic rings. The molecule has 0 aromatic heterocycles. The topological polar surface area (TPSA) is 59.7 Å². The standard InChI is InChI=1S/C11H13Cl2FN2O/c1-5(16-6(2)11(15)17)7-3-10(14)9(13)4-8(7)12/h3-6,16H,1-2H3,(H2,15,17)/p+1/t5-,6-/m0/s1. The summed E-state index contributed by atoms with van der Waals surface area (Å²) < 4.78 is 13.3. The summed E-state index contributed by atoms with van der Waals surface area (Å²) in [5, 5.41) is 2.07. The van der Waals surface area contributed by atoms with Crippen molar-refractivity contribution in [2.75, 3.05) is 0 Å². The lowest BCUT2D eigenvalue weighted by Gasteiger charge is -2.16. The summed E-state index contributed by atoms with van der Waals surface area (Å²) in [7, 11) is 0. The van der Waals surface area contributed by atoms with Crippen LogP contribution in [0.5, 0.6) is 0 Å². The summed E-state index contributed by atoms with van der Waals surface area (Å²) in [6.45, 7) is 3.49. The van der Waals surface area contributed by atoms with E-state index in [1.807, 2.05) is 6.92 Å². The van der Waals surface area contributed by atoms with E-state index in [0.29, 0.717) is 10.6 Å². The molecule has 1 rings (SSSR count). The van der Waals surface area contributed by atoms with Crippen molar-refractivity contribution in [2.45, 2.75) is 25.9 Å². The second-order valence-electron chi connectivity index (χ2n) is 3.96. The molecule has 0 saturated heterocycles. The maximum absolute atomic E-state index is 13.3. The van der Waals surface area contributed by atoms with Crippen molar-refractivity contribution < 1.29 is 14.5 Å². The molecule has 3 nitrogen and oxygen atoms in total. The zero-order valence-corrected chi connectivity index (χ0v) is 11.0. The molecule has 1 aromatic carbocycles. The highest BCUT2D eigenvalue weighted by atomic mass is 35.5. The molecule has 94 valence electrons. The number of rotatable bonds is 4. The van der Waals surface area contributed by atoms with Gasteiger partial charge in [0.15, 0.2) is 6.04 Å². The Morgan fingerprint density at radius 1 is 1.35 bits per heavy atom. The van der Waals surface area contributed by atoms with Crippen LogP contribution in [0.2, 0.25) is 10.0 Å². The fourth-order valence-corrected chi connectivity index (χ4v) is 2.07. The Morgan fingerprint density at radius 2 is 1.94 bits per heavy atom. The molecule has 17 heavy (non-hydrogen) atoms. The van der Waals surface area contributed by atoms with Crippen molar-refractivity contribution in [3.05, 3.63) is 33.6 Å². The predicted molar refractivity (Wildman–Crippen MR) is 65.4 cm³/mol. The predicted octanol–water partition coefficient (Wildman–Crippen LogP) is 1.63. The van der Waals surface area contributed by atoms with Gasteiger partial charge in [-0.25, -0.2) is 4.39 Å². The van der Waals surface area contributed by atoms with Crippen molar-refractivity contribution in [3.8, 4) is 0 Å². The number of amides is 1. The zero-order valence-electron chi connectivity index (χ0n) is 9.51. The molecule has 0 radical (unpaired) electrons. The van der Waals surface area contributed by atoms with Gasteiger partial charge in [-0.2, -0.15) is 0 Å². The van der Waals surface area contributed by atoms with Crippen molar-refractivity contribution in [2.24, 2.45) is 5.73 Å². The van der Waals surface area contributed by atoms with Crippen molar-refractivity contribution in [1.29, 1.82) is 0 Å². The molecule has 0 spiro atoms. The Morgan fingerprint density at radius 3 is 2.47 bits per heavy atom. The third kappa shape index (κ3) is 3.56. The fraction of sp³-hybridized carbons (Fsp3) is 0.364. The second kappa shape index (κ2) is 5.67. The number of quaternary nitrogens is 1. The first kappa shape index (κ1) is 14.2. The van der Waals surface area contributed by atoms with Gasteiger partial charge in [0.2, 0.25) is 0 Å². The van der Waals surface area contributed by atoms with Crippen LogP contribution in [0.3, 0.4) is 0 Å². The molecule has 0 aliphatic carbocycles. The van der Waals surface area contributed by atoms with Gasteiger partial charge in [0.1, 0.15) is 11.9 Å². The molecule has 0 aliphatic heterocycles. The average Bonchev–Trinajstić information content (AvgIpc) is 2.22. The molecule has 1 amide bonds. The fourth-order valence-electron chi connectivity index (χ4n) is 1.52. The Hall–Kier alpha value is -0.840. The third-order valence-electron chi connectivity index (χ3n) is 2.56. The lowest BCUT2D eigenvalue weighted by atomic mass is 10.1.